The minimum atomic E-state index is -4.63. The fourth-order valence-corrected chi connectivity index (χ4v) is 1.33. The first kappa shape index (κ1) is 13.1. The van der Waals surface area contributed by atoms with E-state index >= 15 is 0 Å². The van der Waals surface area contributed by atoms with Gasteiger partial charge in [0, 0.05) is 18.8 Å². The van der Waals surface area contributed by atoms with Crippen LogP contribution in [0.1, 0.15) is 5.82 Å². The van der Waals surface area contributed by atoms with Crippen molar-refractivity contribution >= 4 is 11.6 Å². The largest absolute Gasteiger partial charge is 0.451 e. The van der Waals surface area contributed by atoms with Gasteiger partial charge in [-0.3, -0.25) is 4.68 Å². The highest BCUT2D eigenvalue weighted by Crippen LogP contribution is 2.27. The number of aromatic nitrogens is 5. The van der Waals surface area contributed by atoms with Crippen LogP contribution in [-0.4, -0.2) is 31.5 Å². The molecule has 3 N–H and O–H groups in total. The predicted molar refractivity (Wildman–Crippen MR) is 60.0 cm³/mol. The number of alkyl halides is 3. The molecule has 0 bridgehead atoms. The van der Waals surface area contributed by atoms with E-state index in [2.05, 4.69) is 25.6 Å². The van der Waals surface area contributed by atoms with Gasteiger partial charge in [-0.15, -0.1) is 5.10 Å². The molecular formula is C9H10F3N7. The van der Waals surface area contributed by atoms with Crippen LogP contribution in [-0.2, 0) is 12.7 Å². The van der Waals surface area contributed by atoms with E-state index in [0.29, 0.717) is 13.1 Å². The van der Waals surface area contributed by atoms with Crippen LogP contribution in [0, 0.1) is 0 Å². The topological polar surface area (TPSA) is 94.5 Å². The Kier molecular flexibility index (Phi) is 3.49. The molecule has 0 fully saturated rings. The Morgan fingerprint density at radius 3 is 2.74 bits per heavy atom. The van der Waals surface area contributed by atoms with E-state index in [-0.39, 0.29) is 11.6 Å². The summed E-state index contributed by atoms with van der Waals surface area (Å²) in [6, 6.07) is 1.23. The Bertz CT molecular complexity index is 537. The van der Waals surface area contributed by atoms with Gasteiger partial charge in [0.25, 0.3) is 0 Å². The second kappa shape index (κ2) is 5.08. The molecule has 0 aromatic carbocycles. The Labute approximate surface area is 105 Å². The number of halogens is 3. The molecule has 2 heterocycles. The molecule has 7 nitrogen and oxygen atoms in total. The molecule has 0 aliphatic rings. The maximum atomic E-state index is 12.5. The van der Waals surface area contributed by atoms with Crippen molar-refractivity contribution in [3.8, 4) is 0 Å². The molecule has 2 rings (SSSR count). The average Bonchev–Trinajstić information content (AvgIpc) is 2.80. The van der Waals surface area contributed by atoms with Crippen molar-refractivity contribution in [2.45, 2.75) is 12.7 Å². The highest BCUT2D eigenvalue weighted by molar-refractivity contribution is 5.44. The Morgan fingerprint density at radius 1 is 1.32 bits per heavy atom. The summed E-state index contributed by atoms with van der Waals surface area (Å²) in [6.45, 7) is 0.766. The fourth-order valence-electron chi connectivity index (χ4n) is 1.33. The zero-order valence-electron chi connectivity index (χ0n) is 9.59. The molecule has 0 radical (unpaired) electrons. The molecule has 2 aromatic rings. The van der Waals surface area contributed by atoms with Gasteiger partial charge in [-0.2, -0.15) is 13.2 Å². The van der Waals surface area contributed by atoms with Crippen molar-refractivity contribution in [2.24, 2.45) is 0 Å². The van der Waals surface area contributed by atoms with E-state index < -0.39 is 12.0 Å². The summed E-state index contributed by atoms with van der Waals surface area (Å²) in [4.78, 5) is 6.49. The molecule has 10 heteroatoms. The number of hydrogen-bond donors (Lipinski definition) is 2. The SMILES string of the molecule is Nc1cc(NCCn2ccnn2)nc(C(F)(F)F)n1. The third-order valence-electron chi connectivity index (χ3n) is 2.12. The van der Waals surface area contributed by atoms with Crippen LogP contribution >= 0.6 is 0 Å². The van der Waals surface area contributed by atoms with Gasteiger partial charge in [0.2, 0.25) is 5.82 Å². The molecule has 0 amide bonds. The fraction of sp³-hybridized carbons (Fsp3) is 0.333. The lowest BCUT2D eigenvalue weighted by Gasteiger charge is -2.09. The van der Waals surface area contributed by atoms with Crippen molar-refractivity contribution in [2.75, 3.05) is 17.6 Å². The van der Waals surface area contributed by atoms with E-state index in [9.17, 15) is 13.2 Å². The van der Waals surface area contributed by atoms with E-state index in [0.717, 1.165) is 0 Å². The maximum absolute atomic E-state index is 12.5. The maximum Gasteiger partial charge on any atom is 0.451 e. The molecule has 102 valence electrons. The summed E-state index contributed by atoms with van der Waals surface area (Å²) in [7, 11) is 0. The van der Waals surface area contributed by atoms with Crippen molar-refractivity contribution in [1.29, 1.82) is 0 Å². The van der Waals surface area contributed by atoms with E-state index in [4.69, 9.17) is 5.73 Å². The highest BCUT2D eigenvalue weighted by Gasteiger charge is 2.35. The molecule has 0 aliphatic heterocycles. The van der Waals surface area contributed by atoms with Gasteiger partial charge < -0.3 is 11.1 Å². The zero-order chi connectivity index (χ0) is 13.9. The van der Waals surface area contributed by atoms with Crippen LogP contribution in [0.3, 0.4) is 0 Å². The number of nitrogens with zero attached hydrogens (tertiary/aromatic N) is 5. The van der Waals surface area contributed by atoms with Crippen molar-refractivity contribution in [1.82, 2.24) is 25.0 Å². The summed E-state index contributed by atoms with van der Waals surface area (Å²) < 4.78 is 38.9. The minimum Gasteiger partial charge on any atom is -0.384 e. The second-order valence-corrected chi connectivity index (χ2v) is 3.59. The lowest BCUT2D eigenvalue weighted by molar-refractivity contribution is -0.144. The van der Waals surface area contributed by atoms with Crippen LogP contribution in [0.2, 0.25) is 0 Å². The lowest BCUT2D eigenvalue weighted by Crippen LogP contribution is -2.16. The first-order valence-corrected chi connectivity index (χ1v) is 5.25. The number of nitrogens with one attached hydrogen (secondary N) is 1. The number of hydrogen-bond acceptors (Lipinski definition) is 6. The number of nitrogens with two attached hydrogens (primary N) is 1. The monoisotopic (exact) mass is 273 g/mol. The van der Waals surface area contributed by atoms with Gasteiger partial charge in [0.05, 0.1) is 12.7 Å². The van der Waals surface area contributed by atoms with Gasteiger partial charge in [0.1, 0.15) is 11.6 Å². The summed E-state index contributed by atoms with van der Waals surface area (Å²) >= 11 is 0. The Hall–Kier alpha value is -2.39. The van der Waals surface area contributed by atoms with Gasteiger partial charge in [-0.25, -0.2) is 9.97 Å². The Morgan fingerprint density at radius 2 is 2.11 bits per heavy atom. The molecule has 0 unspecified atom stereocenters. The van der Waals surface area contributed by atoms with Gasteiger partial charge in [-0.05, 0) is 0 Å². The first-order chi connectivity index (χ1) is 8.95. The Balaban J connectivity index is 2.02. The van der Waals surface area contributed by atoms with Gasteiger partial charge >= 0.3 is 6.18 Å². The summed E-state index contributed by atoms with van der Waals surface area (Å²) in [5.74, 6) is -1.50. The van der Waals surface area contributed by atoms with Crippen LogP contribution in [0.25, 0.3) is 0 Å². The zero-order valence-corrected chi connectivity index (χ0v) is 9.59. The van der Waals surface area contributed by atoms with E-state index in [1.165, 1.54) is 16.9 Å². The minimum absolute atomic E-state index is 0.0138. The predicted octanol–water partition coefficient (Wildman–Crippen LogP) is 0.781. The highest BCUT2D eigenvalue weighted by atomic mass is 19.4. The molecular weight excluding hydrogens is 263 g/mol. The second-order valence-electron chi connectivity index (χ2n) is 3.59. The average molecular weight is 273 g/mol. The number of anilines is 2. The third kappa shape index (κ3) is 3.53. The van der Waals surface area contributed by atoms with Crippen molar-refractivity contribution in [3.05, 3.63) is 24.3 Å². The molecule has 19 heavy (non-hydrogen) atoms. The summed E-state index contributed by atoms with van der Waals surface area (Å²) in [6.07, 6.45) is -1.49. The number of nitrogen functional groups attached to an aromatic ring is 1. The van der Waals surface area contributed by atoms with Crippen LogP contribution in [0.15, 0.2) is 18.5 Å². The summed E-state index contributed by atoms with van der Waals surface area (Å²) in [5.41, 5.74) is 5.30. The number of rotatable bonds is 4. The molecule has 0 aliphatic carbocycles. The quantitative estimate of drug-likeness (QED) is 0.854. The van der Waals surface area contributed by atoms with Gasteiger partial charge in [-0.1, -0.05) is 5.21 Å². The first-order valence-electron chi connectivity index (χ1n) is 5.25. The smallest absolute Gasteiger partial charge is 0.384 e. The van der Waals surface area contributed by atoms with E-state index in [1.54, 1.807) is 6.20 Å². The normalized spacial score (nSPS) is 11.5. The molecule has 0 saturated heterocycles. The van der Waals surface area contributed by atoms with Gasteiger partial charge in [0.15, 0.2) is 0 Å². The van der Waals surface area contributed by atoms with E-state index in [1.807, 2.05) is 0 Å². The molecule has 0 saturated carbocycles. The third-order valence-corrected chi connectivity index (χ3v) is 2.12. The lowest BCUT2D eigenvalue weighted by atomic mass is 10.4. The van der Waals surface area contributed by atoms with Crippen LogP contribution < -0.4 is 11.1 Å². The van der Waals surface area contributed by atoms with Crippen LogP contribution in [0.5, 0.6) is 0 Å². The van der Waals surface area contributed by atoms with Crippen molar-refractivity contribution < 1.29 is 13.2 Å². The van der Waals surface area contributed by atoms with Crippen molar-refractivity contribution in [3.63, 3.8) is 0 Å². The molecule has 2 aromatic heterocycles. The summed E-state index contributed by atoms with van der Waals surface area (Å²) in [5, 5.41) is 10.0. The van der Waals surface area contributed by atoms with Crippen LogP contribution in [0.4, 0.5) is 24.8 Å². The molecule has 0 spiro atoms. The standard InChI is InChI=1S/C9H10F3N7/c10-9(11,12)8-16-6(13)5-7(17-8)14-1-3-19-4-2-15-18-19/h2,4-5H,1,3H2,(H3,13,14,16,17). The molecule has 0 atom stereocenters.